The first-order valence-corrected chi connectivity index (χ1v) is 20.8. The molecule has 8 bridgehead atoms. The highest BCUT2D eigenvalue weighted by atomic mass is 16.6. The number of nitrogens with two attached hydrogens (primary N) is 1. The van der Waals surface area contributed by atoms with E-state index in [4.69, 9.17) is 34.6 Å². The van der Waals surface area contributed by atoms with Gasteiger partial charge in [0.15, 0.2) is 0 Å². The summed E-state index contributed by atoms with van der Waals surface area (Å²) in [6, 6.07) is 5.86. The zero-order chi connectivity index (χ0) is 42.7. The Morgan fingerprint density at radius 2 is 1.67 bits per heavy atom. The van der Waals surface area contributed by atoms with Crippen molar-refractivity contribution in [3.8, 4) is 0 Å². The van der Waals surface area contributed by atoms with Crippen molar-refractivity contribution >= 4 is 57.1 Å². The highest BCUT2D eigenvalue weighted by Crippen LogP contribution is 2.45. The second-order valence-corrected chi connectivity index (χ2v) is 15.6. The summed E-state index contributed by atoms with van der Waals surface area (Å²) >= 11 is 0. The Labute approximate surface area is 349 Å². The average Bonchev–Trinajstić information content (AvgIpc) is 3.92. The molecule has 0 aromatic carbocycles. The molecule has 4 N–H and O–H groups in total. The van der Waals surface area contributed by atoms with E-state index in [0.717, 1.165) is 52.5 Å². The highest BCUT2D eigenvalue weighted by Gasteiger charge is 2.40. The molecule has 2 aromatic heterocycles. The molecule has 0 saturated carbocycles. The number of nitrogens with one attached hydrogen (secondary N) is 2. The molecule has 0 radical (unpaired) electrons. The van der Waals surface area contributed by atoms with Crippen molar-refractivity contribution in [3.63, 3.8) is 0 Å². The van der Waals surface area contributed by atoms with Gasteiger partial charge >= 0.3 is 11.9 Å². The molecule has 5 aliphatic heterocycles. The second-order valence-electron chi connectivity index (χ2n) is 15.6. The van der Waals surface area contributed by atoms with Crippen LogP contribution in [0.5, 0.6) is 0 Å². The molecule has 0 aliphatic carbocycles. The molecule has 1 fully saturated rings. The van der Waals surface area contributed by atoms with Gasteiger partial charge < -0.3 is 34.6 Å². The smallest absolute Gasteiger partial charge is 0.330 e. The maximum atomic E-state index is 14.9. The number of methoxy groups -OCH3 is 1. The number of allylic oxidation sites excluding steroid dienone is 5. The number of imide groups is 1. The molecule has 2 amide bonds. The number of hydrogen-bond acceptors (Lipinski definition) is 12. The maximum Gasteiger partial charge on any atom is 0.330 e. The summed E-state index contributed by atoms with van der Waals surface area (Å²) in [5, 5.41) is 0. The van der Waals surface area contributed by atoms with Gasteiger partial charge in [-0.25, -0.2) is 14.8 Å². The number of carbonyl (C=O) groups excluding carboxylic acids is 4. The number of ether oxygens (including phenoxy) is 4. The summed E-state index contributed by atoms with van der Waals surface area (Å²) in [5.74, 6) is -2.15. The number of amides is 2. The van der Waals surface area contributed by atoms with Crippen LogP contribution in [0.25, 0.3) is 33.3 Å². The van der Waals surface area contributed by atoms with Crippen LogP contribution >= 0.6 is 0 Å². The van der Waals surface area contributed by atoms with Gasteiger partial charge in [-0.1, -0.05) is 13.8 Å². The fourth-order valence-electron chi connectivity index (χ4n) is 8.61. The fourth-order valence-corrected chi connectivity index (χ4v) is 8.61. The summed E-state index contributed by atoms with van der Waals surface area (Å²) in [5.41, 5.74) is 15.9. The van der Waals surface area contributed by atoms with E-state index >= 15 is 0 Å². The topological polar surface area (TPSA) is 195 Å². The van der Waals surface area contributed by atoms with Gasteiger partial charge in [-0.05, 0) is 80.2 Å². The van der Waals surface area contributed by atoms with E-state index < -0.39 is 11.9 Å². The number of aryl methyl sites for hydroxylation is 1. The third kappa shape index (κ3) is 8.44. The van der Waals surface area contributed by atoms with Gasteiger partial charge in [0.1, 0.15) is 6.61 Å². The highest BCUT2D eigenvalue weighted by molar-refractivity contribution is 6.23. The quantitative estimate of drug-likeness (QED) is 0.0944. The summed E-state index contributed by atoms with van der Waals surface area (Å²) in [6.07, 6.45) is 4.31. The summed E-state index contributed by atoms with van der Waals surface area (Å²) in [6.45, 7) is 14.5. The molecule has 7 rings (SSSR count). The number of H-pyrrole nitrogens is 2. The van der Waals surface area contributed by atoms with Gasteiger partial charge in [0, 0.05) is 79.5 Å². The predicted octanol–water partition coefficient (Wildman–Crippen LogP) is 5.46. The van der Waals surface area contributed by atoms with Crippen molar-refractivity contribution in [1.82, 2.24) is 29.7 Å². The molecule has 2 aromatic rings. The van der Waals surface area contributed by atoms with Gasteiger partial charge in [-0.2, -0.15) is 0 Å². The molecule has 60 heavy (non-hydrogen) atoms. The number of esters is 2. The van der Waals surface area contributed by atoms with Gasteiger partial charge in [-0.15, -0.1) is 0 Å². The molecule has 318 valence electrons. The number of fused-ring (bicyclic) bond motifs is 8. The molecule has 5 aliphatic rings. The zero-order valence-corrected chi connectivity index (χ0v) is 35.4. The standard InChI is InChI=1S/C45H55N7O8/c1-7-29-25(2)33-23-37-30(8-11-39(54)60-21-20-58-17-12-46)26(3)32(48-37)22-34-27(4)31(9-10-38(53)57-6)42(49-34)41-43-40(28(5)35(50-43)24-36(29)47-33)44(55)52(45(41)56)14-13-51-15-18-59-19-16-51/h8,11,22-24,27,31,49-50H,7,9-10,12-21,46H2,1-6H3/b11-8+,34-22?,36-24?,37-23?,42-41?/t27-,31-/m0/s1. The Kier molecular flexibility index (Phi) is 13.1. The van der Waals surface area contributed by atoms with Crippen LogP contribution in [0.4, 0.5) is 0 Å². The van der Waals surface area contributed by atoms with E-state index in [-0.39, 0.29) is 49.9 Å². The van der Waals surface area contributed by atoms with Gasteiger partial charge in [0.05, 0.1) is 73.0 Å². The average molecular weight is 822 g/mol. The van der Waals surface area contributed by atoms with Crippen LogP contribution < -0.4 is 5.73 Å². The van der Waals surface area contributed by atoms with Crippen molar-refractivity contribution < 1.29 is 38.1 Å². The molecule has 7 heterocycles. The molecule has 15 nitrogen and oxygen atoms in total. The molecule has 15 heteroatoms. The van der Waals surface area contributed by atoms with Gasteiger partial charge in [0.2, 0.25) is 0 Å². The lowest BCUT2D eigenvalue weighted by molar-refractivity contribution is -0.141. The number of nitrogens with zero attached hydrogens (tertiary/aromatic N) is 4. The fraction of sp³-hybridized carbons (Fsp3) is 0.467. The third-order valence-corrected chi connectivity index (χ3v) is 12.1. The minimum Gasteiger partial charge on any atom is -0.469 e. The number of hydrogen-bond donors (Lipinski definition) is 3. The van der Waals surface area contributed by atoms with Crippen LogP contribution in [0.3, 0.4) is 0 Å². The van der Waals surface area contributed by atoms with Crippen LogP contribution in [-0.4, -0.2) is 126 Å². The van der Waals surface area contributed by atoms with Crippen molar-refractivity contribution in [2.75, 3.05) is 72.9 Å². The van der Waals surface area contributed by atoms with E-state index in [9.17, 15) is 19.2 Å². The summed E-state index contributed by atoms with van der Waals surface area (Å²) in [4.78, 5) is 75.8. The minimum atomic E-state index is -0.519. The van der Waals surface area contributed by atoms with Crippen molar-refractivity contribution in [3.05, 3.63) is 81.2 Å². The Hall–Kier alpha value is -5.48. The first kappa shape index (κ1) is 42.6. The third-order valence-electron chi connectivity index (χ3n) is 12.1. The van der Waals surface area contributed by atoms with E-state index in [1.54, 1.807) is 6.08 Å². The number of morpholine rings is 1. The van der Waals surface area contributed by atoms with E-state index in [0.29, 0.717) is 90.6 Å². The molecular formula is C45H55N7O8. The number of carbonyl (C=O) groups is 4. The van der Waals surface area contributed by atoms with Crippen LogP contribution in [0.2, 0.25) is 0 Å². The Morgan fingerprint density at radius 1 is 0.933 bits per heavy atom. The molecule has 0 unspecified atom stereocenters. The van der Waals surface area contributed by atoms with Gasteiger partial charge in [-0.3, -0.25) is 24.2 Å². The van der Waals surface area contributed by atoms with E-state index in [1.807, 2.05) is 39.0 Å². The Bertz CT molecular complexity index is 2360. The van der Waals surface area contributed by atoms with Crippen molar-refractivity contribution in [2.24, 2.45) is 5.73 Å². The van der Waals surface area contributed by atoms with E-state index in [2.05, 4.69) is 28.7 Å². The Morgan fingerprint density at radius 3 is 2.40 bits per heavy atom. The van der Waals surface area contributed by atoms with Crippen LogP contribution in [0.1, 0.15) is 119 Å². The van der Waals surface area contributed by atoms with Crippen LogP contribution in [0, 0.1) is 6.92 Å². The maximum absolute atomic E-state index is 14.9. The SMILES string of the molecule is CCC1=C(C)c2cc3nc(cc4[nH]c(c5c6[nH]c(cc1n2)c(C)c6C(=O)N(CCN1CCOCC1)C5=O)[C@@H](CCC(=O)OC)[C@@H]4C)C(C)=C3/C=C/C(=O)OCCOCCN. The van der Waals surface area contributed by atoms with Crippen molar-refractivity contribution in [1.29, 1.82) is 0 Å². The predicted molar refractivity (Wildman–Crippen MR) is 227 cm³/mol. The first-order chi connectivity index (χ1) is 28.9. The monoisotopic (exact) mass is 821 g/mol. The van der Waals surface area contributed by atoms with Gasteiger partial charge in [0.25, 0.3) is 11.8 Å². The summed E-state index contributed by atoms with van der Waals surface area (Å²) in [7, 11) is 1.36. The molecule has 1 saturated heterocycles. The molecule has 0 spiro atoms. The lowest BCUT2D eigenvalue weighted by Crippen LogP contribution is -2.47. The lowest BCUT2D eigenvalue weighted by Gasteiger charge is -2.31. The number of aromatic nitrogens is 4. The number of rotatable bonds is 14. The first-order valence-electron chi connectivity index (χ1n) is 20.8. The Balaban J connectivity index is 1.45. The zero-order valence-electron chi connectivity index (χ0n) is 35.4. The van der Waals surface area contributed by atoms with Crippen LogP contribution in [-0.2, 0) is 28.5 Å². The normalized spacial score (nSPS) is 18.8. The van der Waals surface area contributed by atoms with E-state index in [1.165, 1.54) is 18.1 Å². The molecule has 2 atom stereocenters. The second kappa shape index (κ2) is 18.4. The lowest BCUT2D eigenvalue weighted by atomic mass is 9.84. The largest absolute Gasteiger partial charge is 0.469 e. The minimum absolute atomic E-state index is 0.0947. The molecular weight excluding hydrogens is 767 g/mol. The van der Waals surface area contributed by atoms with Crippen LogP contribution in [0.15, 0.2) is 30.4 Å². The summed E-state index contributed by atoms with van der Waals surface area (Å²) < 4.78 is 21.3. The number of aromatic amines is 2. The van der Waals surface area contributed by atoms with Crippen molar-refractivity contribution in [2.45, 2.75) is 65.7 Å².